The number of pyridine rings is 1. The fourth-order valence-electron chi connectivity index (χ4n) is 4.65. The van der Waals surface area contributed by atoms with Crippen LogP contribution in [-0.4, -0.2) is 37.6 Å². The van der Waals surface area contributed by atoms with E-state index in [0.717, 1.165) is 17.4 Å². The van der Waals surface area contributed by atoms with Crippen LogP contribution in [-0.2, 0) is 23.2 Å². The fourth-order valence-corrected chi connectivity index (χ4v) is 5.26. The summed E-state index contributed by atoms with van der Waals surface area (Å²) < 4.78 is 52.3. The first kappa shape index (κ1) is 25.5. The number of aromatic nitrogens is 1. The largest absolute Gasteiger partial charge is 0.497 e. The molecule has 10 heteroatoms. The third-order valence-corrected chi connectivity index (χ3v) is 7.15. The number of nitrogens with one attached hydrogen (secondary N) is 1. The maximum atomic E-state index is 13.9. The van der Waals surface area contributed by atoms with Crippen molar-refractivity contribution in [2.45, 2.75) is 26.1 Å². The van der Waals surface area contributed by atoms with Crippen LogP contribution in [0.1, 0.15) is 40.0 Å². The number of rotatable bonds is 8. The molecule has 4 aromatic rings. The van der Waals surface area contributed by atoms with Crippen molar-refractivity contribution in [3.8, 4) is 11.5 Å². The minimum Gasteiger partial charge on any atom is -0.497 e. The molecule has 0 saturated carbocycles. The minimum absolute atomic E-state index is 0.133. The summed E-state index contributed by atoms with van der Waals surface area (Å²) in [6.07, 6.45) is 2.63. The minimum atomic E-state index is -3.68. The summed E-state index contributed by atoms with van der Waals surface area (Å²) in [5.74, 6) is 0.289. The molecule has 1 unspecified atom stereocenters. The Bertz CT molecular complexity index is 1620. The van der Waals surface area contributed by atoms with Gasteiger partial charge >= 0.3 is 0 Å². The maximum Gasteiger partial charge on any atom is 0.258 e. The van der Waals surface area contributed by atoms with Crippen LogP contribution in [0.3, 0.4) is 0 Å². The van der Waals surface area contributed by atoms with Crippen molar-refractivity contribution in [3.05, 3.63) is 94.9 Å². The number of methoxy groups -OCH3 is 1. The van der Waals surface area contributed by atoms with Gasteiger partial charge in [0.05, 0.1) is 30.7 Å². The molecule has 2 heterocycles. The van der Waals surface area contributed by atoms with E-state index in [1.807, 2.05) is 31.2 Å². The van der Waals surface area contributed by atoms with Crippen molar-refractivity contribution in [1.82, 2.24) is 9.88 Å². The smallest absolute Gasteiger partial charge is 0.258 e. The first-order chi connectivity index (χ1) is 18.2. The molecule has 1 atom stereocenters. The predicted molar refractivity (Wildman–Crippen MR) is 142 cm³/mol. The highest BCUT2D eigenvalue weighted by Crippen LogP contribution is 2.45. The zero-order valence-corrected chi connectivity index (χ0v) is 21.9. The number of hydrogen-bond acceptors (Lipinski definition) is 6. The number of carbonyl (C=O) groups excluding carboxylic acids is 1. The molecule has 38 heavy (non-hydrogen) atoms. The van der Waals surface area contributed by atoms with E-state index >= 15 is 0 Å². The predicted octanol–water partition coefficient (Wildman–Crippen LogP) is 5.05. The van der Waals surface area contributed by atoms with Crippen molar-refractivity contribution < 1.29 is 27.1 Å². The van der Waals surface area contributed by atoms with E-state index in [1.165, 1.54) is 12.1 Å². The lowest BCUT2D eigenvalue weighted by molar-refractivity contribution is 0.0712. The normalized spacial score (nSPS) is 13.9. The van der Waals surface area contributed by atoms with E-state index in [1.54, 1.807) is 42.5 Å². The summed E-state index contributed by atoms with van der Waals surface area (Å²) in [6, 6.07) is 16.3. The molecular formula is C28H26FN3O5S. The van der Waals surface area contributed by atoms with E-state index in [2.05, 4.69) is 9.71 Å². The number of anilines is 1. The van der Waals surface area contributed by atoms with Crippen LogP contribution < -0.4 is 14.2 Å². The average Bonchev–Trinajstić information content (AvgIpc) is 3.25. The highest BCUT2D eigenvalue weighted by molar-refractivity contribution is 7.92. The molecule has 5 rings (SSSR count). The van der Waals surface area contributed by atoms with Gasteiger partial charge in [-0.1, -0.05) is 24.3 Å². The lowest BCUT2D eigenvalue weighted by atomic mass is 10.0. The zero-order chi connectivity index (χ0) is 27.0. The lowest BCUT2D eigenvalue weighted by Gasteiger charge is -2.24. The van der Waals surface area contributed by atoms with Gasteiger partial charge in [-0.3, -0.25) is 14.5 Å². The summed E-state index contributed by atoms with van der Waals surface area (Å²) in [5.41, 5.74) is 3.02. The van der Waals surface area contributed by atoms with Crippen LogP contribution in [0, 0.1) is 5.82 Å². The average molecular weight is 536 g/mol. The summed E-state index contributed by atoms with van der Waals surface area (Å²) in [7, 11) is -2.09. The van der Waals surface area contributed by atoms with Gasteiger partial charge in [0.25, 0.3) is 5.91 Å². The second-order valence-corrected chi connectivity index (χ2v) is 10.9. The Kier molecular flexibility index (Phi) is 6.66. The lowest BCUT2D eigenvalue weighted by Crippen LogP contribution is -2.27. The van der Waals surface area contributed by atoms with E-state index in [0.29, 0.717) is 27.9 Å². The number of carbonyl (C=O) groups is 1. The van der Waals surface area contributed by atoms with Crippen LogP contribution in [0.25, 0.3) is 10.9 Å². The van der Waals surface area contributed by atoms with Gasteiger partial charge in [-0.2, -0.15) is 0 Å². The van der Waals surface area contributed by atoms with Gasteiger partial charge in [-0.05, 0) is 54.4 Å². The summed E-state index contributed by atoms with van der Waals surface area (Å²) >= 11 is 0. The Balaban J connectivity index is 1.63. The molecule has 1 aliphatic heterocycles. The fraction of sp³-hybridized carbons (Fsp3) is 0.214. The van der Waals surface area contributed by atoms with Crippen molar-refractivity contribution >= 4 is 32.5 Å². The topological polar surface area (TPSA) is 97.8 Å². The summed E-state index contributed by atoms with van der Waals surface area (Å²) in [4.78, 5) is 20.0. The van der Waals surface area contributed by atoms with Crippen LogP contribution in [0.15, 0.2) is 66.9 Å². The van der Waals surface area contributed by atoms with Gasteiger partial charge in [0.15, 0.2) is 5.75 Å². The van der Waals surface area contributed by atoms with Crippen LogP contribution in [0.2, 0.25) is 0 Å². The van der Waals surface area contributed by atoms with E-state index in [4.69, 9.17) is 9.47 Å². The molecule has 196 valence electrons. The van der Waals surface area contributed by atoms with Crippen molar-refractivity contribution in [3.63, 3.8) is 0 Å². The van der Waals surface area contributed by atoms with E-state index in [9.17, 15) is 17.6 Å². The quantitative estimate of drug-likeness (QED) is 0.339. The third-order valence-electron chi connectivity index (χ3n) is 6.58. The van der Waals surface area contributed by atoms with Crippen molar-refractivity contribution in [2.75, 3.05) is 18.1 Å². The van der Waals surface area contributed by atoms with Crippen LogP contribution in [0.4, 0.5) is 10.1 Å². The molecule has 0 saturated heterocycles. The van der Waals surface area contributed by atoms with Crippen LogP contribution in [0.5, 0.6) is 11.5 Å². The van der Waals surface area contributed by atoms with Gasteiger partial charge in [0.2, 0.25) is 10.0 Å². The number of amides is 1. The van der Waals surface area contributed by atoms with Crippen molar-refractivity contribution in [1.29, 1.82) is 0 Å². The Morgan fingerprint density at radius 2 is 1.82 bits per heavy atom. The highest BCUT2D eigenvalue weighted by Gasteiger charge is 2.38. The second-order valence-electron chi connectivity index (χ2n) is 9.13. The number of sulfonamides is 1. The molecule has 1 aliphatic rings. The number of hydrogen-bond donors (Lipinski definition) is 1. The first-order valence-electron chi connectivity index (χ1n) is 11.9. The molecular weight excluding hydrogens is 509 g/mol. The van der Waals surface area contributed by atoms with Gasteiger partial charge < -0.3 is 14.4 Å². The second kappa shape index (κ2) is 9.94. The van der Waals surface area contributed by atoms with Crippen molar-refractivity contribution in [2.24, 2.45) is 0 Å². The Labute approximate surface area is 220 Å². The maximum absolute atomic E-state index is 13.9. The Hall–Kier alpha value is -4.18. The molecule has 0 bridgehead atoms. The standard InChI is InChI=1S/C28H26FN3O5S/c1-17(19-8-10-20(29)11-9-19)32-15-23-24(28(32)33)27(37-16-18-6-12-21(36-2)13-7-18)26-22(5-4-14-30-26)25(23)31-38(3,34)35/h4-14,17,31H,15-16H2,1-3H3. The van der Waals surface area contributed by atoms with Gasteiger partial charge in [-0.15, -0.1) is 0 Å². The number of benzene rings is 3. The summed E-state index contributed by atoms with van der Waals surface area (Å²) in [6.45, 7) is 2.13. The molecule has 3 aromatic carbocycles. The molecule has 0 fully saturated rings. The molecule has 1 amide bonds. The number of ether oxygens (including phenoxy) is 2. The van der Waals surface area contributed by atoms with E-state index in [-0.39, 0.29) is 36.2 Å². The zero-order valence-electron chi connectivity index (χ0n) is 21.1. The van der Waals surface area contributed by atoms with Crippen LogP contribution >= 0.6 is 0 Å². The highest BCUT2D eigenvalue weighted by atomic mass is 32.2. The molecule has 1 aromatic heterocycles. The third kappa shape index (κ3) is 4.87. The molecule has 0 radical (unpaired) electrons. The Morgan fingerprint density at radius 3 is 2.47 bits per heavy atom. The van der Waals surface area contributed by atoms with Gasteiger partial charge in [-0.25, -0.2) is 12.8 Å². The van der Waals surface area contributed by atoms with Gasteiger partial charge in [0, 0.05) is 23.7 Å². The number of fused-ring (bicyclic) bond motifs is 2. The molecule has 1 N–H and O–H groups in total. The van der Waals surface area contributed by atoms with Gasteiger partial charge in [0.1, 0.15) is 23.7 Å². The number of halogens is 1. The Morgan fingerprint density at radius 1 is 1.11 bits per heavy atom. The molecule has 0 aliphatic carbocycles. The molecule has 8 nitrogen and oxygen atoms in total. The van der Waals surface area contributed by atoms with E-state index < -0.39 is 16.1 Å². The first-order valence-corrected chi connectivity index (χ1v) is 13.8. The monoisotopic (exact) mass is 535 g/mol. The molecule has 0 spiro atoms. The SMILES string of the molecule is COc1ccc(COc2c3c(c(NS(C)(=O)=O)c4cccnc24)CN(C(C)c2ccc(F)cc2)C3=O)cc1. The summed E-state index contributed by atoms with van der Waals surface area (Å²) in [5, 5.41) is 0.519. The number of nitrogens with zero attached hydrogens (tertiary/aromatic N) is 2.